The molecule has 2 nitrogen and oxygen atoms in total. The number of rotatable bonds is 5. The third-order valence-corrected chi connectivity index (χ3v) is 3.80. The second kappa shape index (κ2) is 5.28. The van der Waals surface area contributed by atoms with Crippen molar-refractivity contribution >= 4 is 11.6 Å². The summed E-state index contributed by atoms with van der Waals surface area (Å²) in [6, 6.07) is 5.99. The molecule has 1 saturated carbocycles. The van der Waals surface area contributed by atoms with Crippen LogP contribution in [-0.4, -0.2) is 19.2 Å². The van der Waals surface area contributed by atoms with Crippen molar-refractivity contribution < 1.29 is 4.74 Å². The minimum atomic E-state index is 0.0158. The second-order valence-corrected chi connectivity index (χ2v) is 5.33. The van der Waals surface area contributed by atoms with E-state index in [0.29, 0.717) is 0 Å². The number of hydrogen-bond acceptors (Lipinski definition) is 2. The van der Waals surface area contributed by atoms with Gasteiger partial charge in [0.1, 0.15) is 11.4 Å². The molecule has 2 rings (SSSR count). The van der Waals surface area contributed by atoms with Crippen LogP contribution in [0.15, 0.2) is 18.2 Å². The lowest BCUT2D eigenvalue weighted by Gasteiger charge is -2.42. The molecule has 0 radical (unpaired) electrons. The Balaban J connectivity index is 2.07. The Kier molecular flexibility index (Phi) is 3.95. The van der Waals surface area contributed by atoms with E-state index >= 15 is 0 Å². The van der Waals surface area contributed by atoms with Gasteiger partial charge in [-0.25, -0.2) is 0 Å². The van der Waals surface area contributed by atoms with Crippen molar-refractivity contribution in [3.05, 3.63) is 28.8 Å². The van der Waals surface area contributed by atoms with Gasteiger partial charge in [0.15, 0.2) is 0 Å². The maximum atomic E-state index is 6.21. The molecule has 1 fully saturated rings. The highest BCUT2D eigenvalue weighted by Gasteiger charge is 2.39. The van der Waals surface area contributed by atoms with E-state index in [1.54, 1.807) is 0 Å². The first kappa shape index (κ1) is 12.7. The number of ether oxygens (including phenoxy) is 1. The van der Waals surface area contributed by atoms with E-state index < -0.39 is 0 Å². The van der Waals surface area contributed by atoms with Crippen LogP contribution in [0.5, 0.6) is 5.75 Å². The number of nitrogens with one attached hydrogen (secondary N) is 1. The fourth-order valence-corrected chi connectivity index (χ4v) is 2.52. The van der Waals surface area contributed by atoms with Gasteiger partial charge in [0.25, 0.3) is 0 Å². The molecule has 0 saturated heterocycles. The van der Waals surface area contributed by atoms with Crippen LogP contribution in [0.4, 0.5) is 0 Å². The lowest BCUT2D eigenvalue weighted by molar-refractivity contribution is -0.0138. The van der Waals surface area contributed by atoms with Gasteiger partial charge in [-0.3, -0.25) is 0 Å². The van der Waals surface area contributed by atoms with Gasteiger partial charge in [-0.1, -0.05) is 17.7 Å². The van der Waals surface area contributed by atoms with Gasteiger partial charge in [0.2, 0.25) is 0 Å². The van der Waals surface area contributed by atoms with Crippen molar-refractivity contribution in [1.29, 1.82) is 0 Å². The van der Waals surface area contributed by atoms with Crippen molar-refractivity contribution in [3.63, 3.8) is 0 Å². The smallest absolute Gasteiger partial charge is 0.138 e. The molecule has 0 aromatic heterocycles. The maximum absolute atomic E-state index is 6.21. The van der Waals surface area contributed by atoms with Gasteiger partial charge in [-0.05, 0) is 63.9 Å². The standard InChI is InChI=1S/C14H20ClNO/c1-11-4-5-13(12(15)10-11)17-14(6-3-7-14)8-9-16-2/h4-5,10,16H,3,6-9H2,1-2H3. The molecule has 0 bridgehead atoms. The first-order valence-corrected chi connectivity index (χ1v) is 6.63. The van der Waals surface area contributed by atoms with Crippen LogP contribution in [0.3, 0.4) is 0 Å². The summed E-state index contributed by atoms with van der Waals surface area (Å²) < 4.78 is 6.15. The average molecular weight is 254 g/mol. The number of halogens is 1. The van der Waals surface area contributed by atoms with E-state index in [1.807, 2.05) is 32.2 Å². The molecule has 1 aliphatic rings. The first-order chi connectivity index (χ1) is 8.15. The van der Waals surface area contributed by atoms with Gasteiger partial charge in [0, 0.05) is 0 Å². The molecule has 3 heteroatoms. The second-order valence-electron chi connectivity index (χ2n) is 4.93. The molecule has 1 aromatic carbocycles. The molecular formula is C14H20ClNO. The fraction of sp³-hybridized carbons (Fsp3) is 0.571. The van der Waals surface area contributed by atoms with E-state index in [4.69, 9.17) is 16.3 Å². The highest BCUT2D eigenvalue weighted by atomic mass is 35.5. The predicted octanol–water partition coefficient (Wildman–Crippen LogP) is 3.56. The van der Waals surface area contributed by atoms with E-state index in [9.17, 15) is 0 Å². The highest BCUT2D eigenvalue weighted by Crippen LogP contribution is 2.41. The monoisotopic (exact) mass is 253 g/mol. The third kappa shape index (κ3) is 2.93. The Morgan fingerprint density at radius 2 is 2.18 bits per heavy atom. The van der Waals surface area contributed by atoms with Gasteiger partial charge in [-0.2, -0.15) is 0 Å². The van der Waals surface area contributed by atoms with Gasteiger partial charge < -0.3 is 10.1 Å². The van der Waals surface area contributed by atoms with Crippen LogP contribution in [0, 0.1) is 6.92 Å². The number of aryl methyl sites for hydroxylation is 1. The van der Waals surface area contributed by atoms with Crippen LogP contribution in [0.1, 0.15) is 31.2 Å². The molecule has 1 aromatic rings. The van der Waals surface area contributed by atoms with Crippen molar-refractivity contribution in [2.75, 3.05) is 13.6 Å². The van der Waals surface area contributed by atoms with E-state index in [0.717, 1.165) is 36.6 Å². The van der Waals surface area contributed by atoms with Crippen molar-refractivity contribution in [1.82, 2.24) is 5.32 Å². The Morgan fingerprint density at radius 3 is 2.71 bits per heavy atom. The SMILES string of the molecule is CNCCC1(Oc2ccc(C)cc2Cl)CCC1. The van der Waals surface area contributed by atoms with Crippen LogP contribution < -0.4 is 10.1 Å². The first-order valence-electron chi connectivity index (χ1n) is 6.25. The molecule has 17 heavy (non-hydrogen) atoms. The van der Waals surface area contributed by atoms with Gasteiger partial charge in [-0.15, -0.1) is 0 Å². The Bertz CT molecular complexity index is 388. The third-order valence-electron chi connectivity index (χ3n) is 3.51. The summed E-state index contributed by atoms with van der Waals surface area (Å²) in [5.41, 5.74) is 1.18. The summed E-state index contributed by atoms with van der Waals surface area (Å²) in [7, 11) is 1.98. The topological polar surface area (TPSA) is 21.3 Å². The summed E-state index contributed by atoms with van der Waals surface area (Å²) in [5.74, 6) is 0.827. The summed E-state index contributed by atoms with van der Waals surface area (Å²) in [4.78, 5) is 0. The van der Waals surface area contributed by atoms with E-state index in [-0.39, 0.29) is 5.60 Å². The van der Waals surface area contributed by atoms with Crippen LogP contribution in [0.25, 0.3) is 0 Å². The molecule has 0 unspecified atom stereocenters. The molecule has 0 amide bonds. The lowest BCUT2D eigenvalue weighted by atomic mass is 9.77. The molecule has 0 aliphatic heterocycles. The van der Waals surface area contributed by atoms with E-state index in [1.165, 1.54) is 12.0 Å². The van der Waals surface area contributed by atoms with Crippen molar-refractivity contribution in [3.8, 4) is 5.75 Å². The fourth-order valence-electron chi connectivity index (χ4n) is 2.25. The Morgan fingerprint density at radius 1 is 1.41 bits per heavy atom. The van der Waals surface area contributed by atoms with Gasteiger partial charge >= 0.3 is 0 Å². The largest absolute Gasteiger partial charge is 0.486 e. The molecular weight excluding hydrogens is 234 g/mol. The van der Waals surface area contributed by atoms with Crippen LogP contribution >= 0.6 is 11.6 Å². The predicted molar refractivity (Wildman–Crippen MR) is 71.9 cm³/mol. The molecule has 1 N–H and O–H groups in total. The van der Waals surface area contributed by atoms with Gasteiger partial charge in [0.05, 0.1) is 5.02 Å². The summed E-state index contributed by atoms with van der Waals surface area (Å²) in [6.45, 7) is 3.03. The minimum Gasteiger partial charge on any atom is -0.486 e. The molecule has 0 heterocycles. The maximum Gasteiger partial charge on any atom is 0.138 e. The zero-order valence-electron chi connectivity index (χ0n) is 10.6. The summed E-state index contributed by atoms with van der Waals surface area (Å²) in [6.07, 6.45) is 4.58. The van der Waals surface area contributed by atoms with Crippen LogP contribution in [-0.2, 0) is 0 Å². The average Bonchev–Trinajstić information content (AvgIpc) is 2.25. The summed E-state index contributed by atoms with van der Waals surface area (Å²) >= 11 is 6.21. The number of hydrogen-bond donors (Lipinski definition) is 1. The quantitative estimate of drug-likeness (QED) is 0.866. The lowest BCUT2D eigenvalue weighted by Crippen LogP contribution is -2.45. The molecule has 0 spiro atoms. The molecule has 0 atom stereocenters. The summed E-state index contributed by atoms with van der Waals surface area (Å²) in [5, 5.41) is 3.91. The number of benzene rings is 1. The van der Waals surface area contributed by atoms with E-state index in [2.05, 4.69) is 5.32 Å². The highest BCUT2D eigenvalue weighted by molar-refractivity contribution is 6.32. The minimum absolute atomic E-state index is 0.0158. The Hall–Kier alpha value is -0.730. The van der Waals surface area contributed by atoms with Crippen molar-refractivity contribution in [2.24, 2.45) is 0 Å². The normalized spacial score (nSPS) is 17.6. The molecule has 1 aliphatic carbocycles. The Labute approximate surface area is 108 Å². The van der Waals surface area contributed by atoms with Crippen molar-refractivity contribution in [2.45, 2.75) is 38.2 Å². The zero-order chi connectivity index (χ0) is 12.3. The molecule has 94 valence electrons. The van der Waals surface area contributed by atoms with Crippen LogP contribution in [0.2, 0.25) is 5.02 Å². The zero-order valence-corrected chi connectivity index (χ0v) is 11.3.